The van der Waals surface area contributed by atoms with Crippen molar-refractivity contribution in [1.82, 2.24) is 23.8 Å². The average Bonchev–Trinajstić information content (AvgIpc) is 3.65. The first-order valence-electron chi connectivity index (χ1n) is 14.6. The van der Waals surface area contributed by atoms with Gasteiger partial charge in [-0.25, -0.2) is 13.4 Å². The summed E-state index contributed by atoms with van der Waals surface area (Å²) in [6.07, 6.45) is 12.0. The second kappa shape index (κ2) is 11.5. The lowest BCUT2D eigenvalue weighted by Gasteiger charge is -2.32. The van der Waals surface area contributed by atoms with Crippen molar-refractivity contribution in [3.05, 3.63) is 30.6 Å². The normalized spacial score (nSPS) is 23.4. The minimum Gasteiger partial charge on any atom is -0.497 e. The molecule has 11 nitrogen and oxygen atoms in total. The molecule has 2 aliphatic carbocycles. The van der Waals surface area contributed by atoms with E-state index in [1.54, 1.807) is 35.7 Å². The Kier molecular flexibility index (Phi) is 7.82. The third-order valence-corrected chi connectivity index (χ3v) is 10.6. The number of hydrogen-bond acceptors (Lipinski definition) is 9. The van der Waals surface area contributed by atoms with Gasteiger partial charge in [-0.3, -0.25) is 0 Å². The first-order valence-corrected chi connectivity index (χ1v) is 16.0. The van der Waals surface area contributed by atoms with E-state index in [1.807, 2.05) is 6.33 Å². The van der Waals surface area contributed by atoms with Crippen molar-refractivity contribution in [2.45, 2.75) is 93.3 Å². The number of fused-ring (bicyclic) bond motifs is 1. The monoisotopic (exact) mass is 568 g/mol. The minimum absolute atomic E-state index is 0.0811. The van der Waals surface area contributed by atoms with Gasteiger partial charge in [-0.15, -0.1) is 0 Å². The summed E-state index contributed by atoms with van der Waals surface area (Å²) in [6, 6.07) is 7.65. The molecule has 216 valence electrons. The lowest BCUT2D eigenvalue weighted by atomic mass is 9.92. The summed E-state index contributed by atoms with van der Waals surface area (Å²) in [6.45, 7) is 0.869. The van der Waals surface area contributed by atoms with Gasteiger partial charge in [0.15, 0.2) is 17.0 Å². The molecule has 6 rings (SSSR count). The smallest absolute Gasteiger partial charge is 0.243 e. The third-order valence-electron chi connectivity index (χ3n) is 8.74. The van der Waals surface area contributed by atoms with E-state index in [-0.39, 0.29) is 17.0 Å². The maximum absolute atomic E-state index is 13.2. The second-order valence-corrected chi connectivity index (χ2v) is 13.4. The number of anilines is 2. The zero-order chi connectivity index (χ0) is 27.7. The minimum atomic E-state index is -3.56. The van der Waals surface area contributed by atoms with Gasteiger partial charge in [-0.2, -0.15) is 14.3 Å². The van der Waals surface area contributed by atoms with Crippen LogP contribution in [0.25, 0.3) is 11.2 Å². The van der Waals surface area contributed by atoms with E-state index < -0.39 is 10.0 Å². The molecular weight excluding hydrogens is 528 g/mol. The Morgan fingerprint density at radius 2 is 1.57 bits per heavy atom. The van der Waals surface area contributed by atoms with Crippen LogP contribution in [0.3, 0.4) is 0 Å². The van der Waals surface area contributed by atoms with Gasteiger partial charge < -0.3 is 25.7 Å². The number of hydrogen-bond donors (Lipinski definition) is 3. The van der Waals surface area contributed by atoms with Gasteiger partial charge in [-0.1, -0.05) is 12.8 Å². The number of aromatic nitrogens is 4. The highest BCUT2D eigenvalue weighted by molar-refractivity contribution is 7.89. The van der Waals surface area contributed by atoms with Crippen LogP contribution in [0, 0.1) is 0 Å². The van der Waals surface area contributed by atoms with Crippen molar-refractivity contribution < 1.29 is 13.2 Å². The molecule has 40 heavy (non-hydrogen) atoms. The maximum atomic E-state index is 13.2. The van der Waals surface area contributed by atoms with E-state index in [9.17, 15) is 8.42 Å². The molecule has 3 fully saturated rings. The quantitative estimate of drug-likeness (QED) is 0.369. The molecule has 1 saturated heterocycles. The van der Waals surface area contributed by atoms with E-state index >= 15 is 0 Å². The summed E-state index contributed by atoms with van der Waals surface area (Å²) in [5, 5.41) is 7.19. The Bertz CT molecular complexity index is 1410. The fraction of sp³-hybridized carbons (Fsp3) is 0.607. The highest BCUT2D eigenvalue weighted by atomic mass is 32.2. The Hall–Kier alpha value is -2.96. The fourth-order valence-electron chi connectivity index (χ4n) is 6.31. The van der Waals surface area contributed by atoms with E-state index in [0.717, 1.165) is 49.7 Å². The van der Waals surface area contributed by atoms with Crippen molar-refractivity contribution in [3.63, 3.8) is 0 Å². The summed E-state index contributed by atoms with van der Waals surface area (Å²) < 4.78 is 35.4. The molecule has 1 aromatic carbocycles. The molecule has 3 heterocycles. The SMILES string of the molecule is COc1ccc(S(=O)(=O)N2CCC(Nc3nc(N[C@H]4CC[C@H](N)CC4)nc4c3ncn4C3CCCC3)CC2)cc1. The van der Waals surface area contributed by atoms with Crippen molar-refractivity contribution in [2.24, 2.45) is 5.73 Å². The molecule has 0 amide bonds. The summed E-state index contributed by atoms with van der Waals surface area (Å²) in [4.78, 5) is 14.9. The number of nitrogens with zero attached hydrogens (tertiary/aromatic N) is 5. The van der Waals surface area contributed by atoms with Gasteiger partial charge in [-0.05, 0) is 75.6 Å². The molecule has 12 heteroatoms. The van der Waals surface area contributed by atoms with Gasteiger partial charge >= 0.3 is 0 Å². The lowest BCUT2D eigenvalue weighted by molar-refractivity contribution is 0.329. The van der Waals surface area contributed by atoms with Crippen LogP contribution in [0.1, 0.15) is 70.3 Å². The fourth-order valence-corrected chi connectivity index (χ4v) is 7.78. The zero-order valence-electron chi connectivity index (χ0n) is 23.1. The average molecular weight is 569 g/mol. The van der Waals surface area contributed by atoms with Crippen molar-refractivity contribution >= 4 is 33.0 Å². The highest BCUT2D eigenvalue weighted by Crippen LogP contribution is 2.34. The molecule has 0 radical (unpaired) electrons. The Balaban J connectivity index is 1.19. The van der Waals surface area contributed by atoms with Crippen molar-refractivity contribution in [1.29, 1.82) is 0 Å². The third kappa shape index (κ3) is 5.61. The Morgan fingerprint density at radius 3 is 2.25 bits per heavy atom. The molecular formula is C28H40N8O3S. The Morgan fingerprint density at radius 1 is 0.900 bits per heavy atom. The van der Waals surface area contributed by atoms with Gasteiger partial charge in [0.05, 0.1) is 18.3 Å². The molecule has 3 aromatic rings. The molecule has 2 saturated carbocycles. The highest BCUT2D eigenvalue weighted by Gasteiger charge is 2.31. The van der Waals surface area contributed by atoms with E-state index in [2.05, 4.69) is 15.2 Å². The molecule has 0 spiro atoms. The van der Waals surface area contributed by atoms with Crippen molar-refractivity contribution in [2.75, 3.05) is 30.8 Å². The molecule has 1 aliphatic heterocycles. The number of nitrogens with one attached hydrogen (secondary N) is 2. The number of methoxy groups -OCH3 is 1. The van der Waals surface area contributed by atoms with E-state index in [4.69, 9.17) is 25.4 Å². The standard InChI is InChI=1S/C28H40N8O3S/c1-39-23-10-12-24(13-11-23)40(37,38)35-16-14-21(15-17-35)31-26-25-27(36(18-30-25)22-4-2-3-5-22)34-28(33-26)32-20-8-6-19(29)7-9-20/h10-13,18-22H,2-9,14-17,29H2,1H3,(H2,31,32,33,34)/t19-,20-. The lowest BCUT2D eigenvalue weighted by Crippen LogP contribution is -2.42. The first kappa shape index (κ1) is 27.2. The van der Waals surface area contributed by atoms with E-state index in [1.165, 1.54) is 12.8 Å². The zero-order valence-corrected chi connectivity index (χ0v) is 23.9. The van der Waals surface area contributed by atoms with Gasteiger partial charge in [0.25, 0.3) is 0 Å². The van der Waals surface area contributed by atoms with Crippen LogP contribution in [-0.2, 0) is 10.0 Å². The molecule has 0 unspecified atom stereocenters. The molecule has 0 atom stereocenters. The summed E-state index contributed by atoms with van der Waals surface area (Å²) in [7, 11) is -2.00. The van der Waals surface area contributed by atoms with Crippen LogP contribution >= 0.6 is 0 Å². The maximum Gasteiger partial charge on any atom is 0.243 e. The molecule has 3 aliphatic rings. The number of sulfonamides is 1. The first-order chi connectivity index (χ1) is 19.4. The summed E-state index contributed by atoms with van der Waals surface area (Å²) in [5.41, 5.74) is 7.76. The number of benzene rings is 1. The van der Waals surface area contributed by atoms with Gasteiger partial charge in [0.2, 0.25) is 16.0 Å². The predicted molar refractivity (Wildman–Crippen MR) is 155 cm³/mol. The number of nitrogens with two attached hydrogens (primary N) is 1. The number of rotatable bonds is 8. The van der Waals surface area contributed by atoms with Crippen LogP contribution in [0.15, 0.2) is 35.5 Å². The van der Waals surface area contributed by atoms with Crippen LogP contribution < -0.4 is 21.1 Å². The molecule has 2 aromatic heterocycles. The molecule has 4 N–H and O–H groups in total. The topological polar surface area (TPSA) is 140 Å². The molecule has 0 bridgehead atoms. The second-order valence-electron chi connectivity index (χ2n) is 11.4. The summed E-state index contributed by atoms with van der Waals surface area (Å²) >= 11 is 0. The van der Waals surface area contributed by atoms with Crippen LogP contribution in [0.2, 0.25) is 0 Å². The van der Waals surface area contributed by atoms with Crippen molar-refractivity contribution in [3.8, 4) is 5.75 Å². The summed E-state index contributed by atoms with van der Waals surface area (Å²) in [5.74, 6) is 1.97. The van der Waals surface area contributed by atoms with Gasteiger partial charge in [0, 0.05) is 37.3 Å². The largest absolute Gasteiger partial charge is 0.497 e. The number of imidazole rings is 1. The number of ether oxygens (including phenoxy) is 1. The Labute approximate surface area is 236 Å². The van der Waals surface area contributed by atoms with Crippen LogP contribution in [-0.4, -0.2) is 70.6 Å². The van der Waals surface area contributed by atoms with Crippen LogP contribution in [0.4, 0.5) is 11.8 Å². The number of piperidine rings is 1. The van der Waals surface area contributed by atoms with Gasteiger partial charge in [0.1, 0.15) is 5.75 Å². The van der Waals surface area contributed by atoms with E-state index in [0.29, 0.717) is 55.5 Å². The van der Waals surface area contributed by atoms with Crippen LogP contribution in [0.5, 0.6) is 5.75 Å². The predicted octanol–water partition coefficient (Wildman–Crippen LogP) is 3.90.